The van der Waals surface area contributed by atoms with Gasteiger partial charge < -0.3 is 24.6 Å². The number of alkyl halides is 3. The Morgan fingerprint density at radius 2 is 1.60 bits per heavy atom. The zero-order valence-corrected chi connectivity index (χ0v) is 27.5. The first kappa shape index (κ1) is 34.5. The van der Waals surface area contributed by atoms with Crippen molar-refractivity contribution >= 4 is 29.2 Å². The normalized spacial score (nSPS) is 17.0. The van der Waals surface area contributed by atoms with E-state index in [1.807, 2.05) is 0 Å². The number of nitrogens with zero attached hydrogens (tertiary/aromatic N) is 5. The van der Waals surface area contributed by atoms with E-state index in [2.05, 4.69) is 49.5 Å². The number of rotatable bonds is 10. The van der Waals surface area contributed by atoms with Crippen molar-refractivity contribution < 1.29 is 32.2 Å². The first-order chi connectivity index (χ1) is 22.5. The average Bonchev–Trinajstić information content (AvgIpc) is 3.56. The molecule has 5 rings (SSSR count). The minimum atomic E-state index is -4.65. The van der Waals surface area contributed by atoms with Crippen LogP contribution in [0.4, 0.5) is 23.8 Å². The zero-order valence-electron chi connectivity index (χ0n) is 26.7. The molecule has 0 unspecified atom stereocenters. The van der Waals surface area contributed by atoms with Gasteiger partial charge in [-0.1, -0.05) is 0 Å². The van der Waals surface area contributed by atoms with Crippen LogP contribution >= 0.6 is 11.3 Å². The number of pyridine rings is 2. The fourth-order valence-electron chi connectivity index (χ4n) is 5.57. The Kier molecular flexibility index (Phi) is 11.3. The molecule has 0 aliphatic carbocycles. The van der Waals surface area contributed by atoms with E-state index in [1.54, 1.807) is 13.0 Å². The number of piperidine rings is 2. The van der Waals surface area contributed by atoms with Crippen molar-refractivity contribution in [3.63, 3.8) is 0 Å². The highest BCUT2D eigenvalue weighted by atomic mass is 32.1. The summed E-state index contributed by atoms with van der Waals surface area (Å²) in [6.07, 6.45) is 1.91. The Morgan fingerprint density at radius 3 is 2.21 bits per heavy atom. The van der Waals surface area contributed by atoms with Gasteiger partial charge in [-0.2, -0.15) is 13.2 Å². The molecular formula is C32H40F3N7O4S. The maximum atomic E-state index is 13.6. The summed E-state index contributed by atoms with van der Waals surface area (Å²) in [7, 11) is 4.13. The Labute approximate surface area is 275 Å². The van der Waals surface area contributed by atoms with Crippen molar-refractivity contribution in [1.29, 1.82) is 0 Å². The van der Waals surface area contributed by atoms with Gasteiger partial charge in [0.15, 0.2) is 5.69 Å². The summed E-state index contributed by atoms with van der Waals surface area (Å²) in [6, 6.07) is 2.51. The fraction of sp³-hybridized carbons (Fsp3) is 0.531. The first-order valence-corrected chi connectivity index (χ1v) is 16.6. The van der Waals surface area contributed by atoms with Crippen LogP contribution in [0.3, 0.4) is 0 Å². The van der Waals surface area contributed by atoms with Crippen LogP contribution in [0.5, 0.6) is 5.88 Å². The van der Waals surface area contributed by atoms with Gasteiger partial charge in [0.2, 0.25) is 5.88 Å². The molecule has 0 aromatic carbocycles. The number of aromatic nitrogens is 3. The molecule has 2 amide bonds. The minimum absolute atomic E-state index is 0.0465. The molecule has 15 heteroatoms. The zero-order chi connectivity index (χ0) is 33.6. The molecule has 0 radical (unpaired) electrons. The predicted octanol–water partition coefficient (Wildman–Crippen LogP) is 5.65. The van der Waals surface area contributed by atoms with Gasteiger partial charge in [0.05, 0.1) is 18.8 Å². The number of likely N-dealkylation sites (tertiary alicyclic amines) is 2. The van der Waals surface area contributed by atoms with Crippen molar-refractivity contribution in [2.45, 2.75) is 38.8 Å². The highest BCUT2D eigenvalue weighted by Gasteiger charge is 2.34. The lowest BCUT2D eigenvalue weighted by atomic mass is 9.98. The summed E-state index contributed by atoms with van der Waals surface area (Å²) in [6.45, 7) is 6.53. The molecular weight excluding hydrogens is 635 g/mol. The van der Waals surface area contributed by atoms with E-state index in [-0.39, 0.29) is 46.3 Å². The van der Waals surface area contributed by atoms with Gasteiger partial charge >= 0.3 is 18.2 Å². The summed E-state index contributed by atoms with van der Waals surface area (Å²) >= 11 is 0.805. The fourth-order valence-corrected chi connectivity index (χ4v) is 6.42. The monoisotopic (exact) mass is 675 g/mol. The van der Waals surface area contributed by atoms with Gasteiger partial charge in [-0.05, 0) is 96.8 Å². The van der Waals surface area contributed by atoms with Gasteiger partial charge in [-0.3, -0.25) is 5.32 Å². The quantitative estimate of drug-likeness (QED) is 0.263. The molecule has 0 saturated carbocycles. The summed E-state index contributed by atoms with van der Waals surface area (Å²) < 4.78 is 52.7. The lowest BCUT2D eigenvalue weighted by molar-refractivity contribution is -0.140. The van der Waals surface area contributed by atoms with Crippen molar-refractivity contribution in [1.82, 2.24) is 30.1 Å². The van der Waals surface area contributed by atoms with E-state index in [4.69, 9.17) is 9.47 Å². The van der Waals surface area contributed by atoms with Gasteiger partial charge in [-0.25, -0.2) is 24.5 Å². The Bertz CT molecular complexity index is 1540. The van der Waals surface area contributed by atoms with Gasteiger partial charge in [0.25, 0.3) is 0 Å². The topological polar surface area (TPSA) is 122 Å². The molecule has 0 bridgehead atoms. The number of carbonyl (C=O) groups excluding carboxylic acids is 2. The molecule has 11 nitrogen and oxygen atoms in total. The molecule has 47 heavy (non-hydrogen) atoms. The molecule has 2 saturated heterocycles. The molecule has 3 aromatic rings. The van der Waals surface area contributed by atoms with E-state index < -0.39 is 23.9 Å². The minimum Gasteiger partial charge on any atom is -0.477 e. The number of anilines is 1. The van der Waals surface area contributed by atoms with Crippen LogP contribution in [-0.2, 0) is 10.9 Å². The van der Waals surface area contributed by atoms with Crippen molar-refractivity contribution in [3.8, 4) is 27.6 Å². The number of hydrogen-bond acceptors (Lipinski definition) is 10. The summed E-state index contributed by atoms with van der Waals surface area (Å²) in [4.78, 5) is 42.8. The molecule has 2 aliphatic rings. The molecule has 5 heterocycles. The highest BCUT2D eigenvalue weighted by molar-refractivity contribution is 7.13. The number of amides is 2. The third-order valence-corrected chi connectivity index (χ3v) is 9.34. The van der Waals surface area contributed by atoms with Gasteiger partial charge in [0.1, 0.15) is 10.8 Å². The van der Waals surface area contributed by atoms with E-state index >= 15 is 0 Å². The number of halogens is 3. The van der Waals surface area contributed by atoms with Crippen LogP contribution in [0.15, 0.2) is 29.9 Å². The predicted molar refractivity (Wildman–Crippen MR) is 172 cm³/mol. The van der Waals surface area contributed by atoms with Crippen LogP contribution in [0.25, 0.3) is 21.7 Å². The number of nitrogens with one attached hydrogen (secondary N) is 2. The van der Waals surface area contributed by atoms with Crippen LogP contribution in [0.1, 0.15) is 48.7 Å². The molecule has 254 valence electrons. The number of hydrogen-bond donors (Lipinski definition) is 2. The Hall–Kier alpha value is -3.82. The maximum absolute atomic E-state index is 13.6. The maximum Gasteiger partial charge on any atom is 0.434 e. The third-order valence-electron chi connectivity index (χ3n) is 8.47. The van der Waals surface area contributed by atoms with Crippen molar-refractivity contribution in [3.05, 3.63) is 41.2 Å². The molecule has 2 aliphatic heterocycles. The number of carbonyl (C=O) groups is 2. The van der Waals surface area contributed by atoms with Crippen LogP contribution in [0.2, 0.25) is 0 Å². The number of ether oxygens (including phenoxy) is 2. The molecule has 0 spiro atoms. The average molecular weight is 676 g/mol. The second kappa shape index (κ2) is 15.4. The molecule has 3 aromatic heterocycles. The van der Waals surface area contributed by atoms with E-state index in [9.17, 15) is 22.8 Å². The molecule has 0 atom stereocenters. The Morgan fingerprint density at radius 1 is 0.936 bits per heavy atom. The molecule has 2 fully saturated rings. The SMILES string of the molecule is CCNC(=O)Nc1cc(-c2nc(C(F)(F)F)cs2)c(-c2cc(C(=O)OCC3CCN(C)CC3)cnc2OCC2CCN(C)CC2)cn1. The van der Waals surface area contributed by atoms with Gasteiger partial charge in [0, 0.05) is 41.0 Å². The third kappa shape index (κ3) is 9.17. The summed E-state index contributed by atoms with van der Waals surface area (Å²) in [5, 5.41) is 6.18. The van der Waals surface area contributed by atoms with Crippen molar-refractivity contribution in [2.75, 3.05) is 65.3 Å². The van der Waals surface area contributed by atoms with Crippen LogP contribution in [-0.4, -0.2) is 96.8 Å². The smallest absolute Gasteiger partial charge is 0.434 e. The van der Waals surface area contributed by atoms with E-state index in [0.717, 1.165) is 68.6 Å². The second-order valence-electron chi connectivity index (χ2n) is 12.1. The largest absolute Gasteiger partial charge is 0.477 e. The number of urea groups is 1. The molecule has 2 N–H and O–H groups in total. The lowest BCUT2D eigenvalue weighted by Crippen LogP contribution is -2.32. The Balaban J connectivity index is 1.51. The van der Waals surface area contributed by atoms with Crippen molar-refractivity contribution in [2.24, 2.45) is 11.8 Å². The lowest BCUT2D eigenvalue weighted by Gasteiger charge is -2.29. The summed E-state index contributed by atoms with van der Waals surface area (Å²) in [5.74, 6) is 0.296. The number of thiazole rings is 1. The standard InChI is InChI=1S/C32H40F3N7O4S/c1-4-36-31(44)40-27-14-24(29-39-26(19-47-29)32(33,34)35)25(16-37-27)23-13-22(30(43)46-18-21-7-11-42(3)12-8-21)15-38-28(23)45-17-20-5-9-41(2)10-6-20/h13-16,19-21H,4-12,17-18H2,1-3H3,(H2,36,37,40,44). The number of esters is 1. The summed E-state index contributed by atoms with van der Waals surface area (Å²) in [5.41, 5.74) is 0.0784. The van der Waals surface area contributed by atoms with Gasteiger partial charge in [-0.15, -0.1) is 11.3 Å². The van der Waals surface area contributed by atoms with Crippen LogP contribution < -0.4 is 15.4 Å². The van der Waals surface area contributed by atoms with Crippen LogP contribution in [0, 0.1) is 11.8 Å². The second-order valence-corrected chi connectivity index (χ2v) is 13.0. The van der Waals surface area contributed by atoms with E-state index in [0.29, 0.717) is 24.3 Å². The highest BCUT2D eigenvalue weighted by Crippen LogP contribution is 2.41. The van der Waals surface area contributed by atoms with E-state index in [1.165, 1.54) is 18.5 Å². The first-order valence-electron chi connectivity index (χ1n) is 15.8.